The molecule has 0 spiro atoms. The number of hydrogen-bond acceptors (Lipinski definition) is 6. The van der Waals surface area contributed by atoms with Gasteiger partial charge in [-0.15, -0.1) is 0 Å². The van der Waals surface area contributed by atoms with Gasteiger partial charge in [0.1, 0.15) is 5.69 Å². The molecule has 0 unspecified atom stereocenters. The van der Waals surface area contributed by atoms with Crippen LogP contribution in [0.25, 0.3) is 0 Å². The Morgan fingerprint density at radius 3 is 2.73 bits per heavy atom. The zero-order chi connectivity index (χ0) is 10.7. The van der Waals surface area contributed by atoms with Crippen LogP contribution in [0.1, 0.15) is 22.5 Å². The first-order valence-corrected chi connectivity index (χ1v) is 4.45. The van der Waals surface area contributed by atoms with E-state index in [1.807, 2.05) is 0 Å². The fraction of sp³-hybridized carbons (Fsp3) is 0.444. The Morgan fingerprint density at radius 2 is 2.07 bits per heavy atom. The molecule has 0 radical (unpaired) electrons. The lowest BCUT2D eigenvalue weighted by molar-refractivity contribution is -0.0484. The minimum Gasteiger partial charge on any atom is -0.464 e. The molecule has 2 rings (SSSR count). The van der Waals surface area contributed by atoms with Gasteiger partial charge in [0.05, 0.1) is 20.3 Å². The third kappa shape index (κ3) is 1.95. The van der Waals surface area contributed by atoms with Crippen molar-refractivity contribution in [1.29, 1.82) is 0 Å². The fourth-order valence-corrected chi connectivity index (χ4v) is 1.29. The van der Waals surface area contributed by atoms with E-state index in [1.165, 1.54) is 19.5 Å². The van der Waals surface area contributed by atoms with Gasteiger partial charge in [0.15, 0.2) is 5.69 Å². The minimum atomic E-state index is -0.618. The molecule has 1 saturated heterocycles. The number of hydrogen-bond donors (Lipinski definition) is 0. The van der Waals surface area contributed by atoms with E-state index in [9.17, 15) is 4.79 Å². The summed E-state index contributed by atoms with van der Waals surface area (Å²) in [6, 6.07) is 0. The van der Waals surface area contributed by atoms with Crippen LogP contribution < -0.4 is 0 Å². The first kappa shape index (κ1) is 10.0. The van der Waals surface area contributed by atoms with Gasteiger partial charge in [-0.2, -0.15) is 0 Å². The lowest BCUT2D eigenvalue weighted by Crippen LogP contribution is -2.13. The van der Waals surface area contributed by atoms with Crippen molar-refractivity contribution in [2.75, 3.05) is 20.3 Å². The topological polar surface area (TPSA) is 70.5 Å². The highest BCUT2D eigenvalue weighted by Crippen LogP contribution is 2.23. The molecule has 0 aliphatic carbocycles. The standard InChI is InChI=1S/C9H10N2O4/c1-13-8(12)6-7(11-3-2-10-6)9-14-4-5-15-9/h2-3,9H,4-5H2,1H3. The van der Waals surface area contributed by atoms with E-state index in [2.05, 4.69) is 14.7 Å². The summed E-state index contributed by atoms with van der Waals surface area (Å²) in [4.78, 5) is 19.3. The SMILES string of the molecule is COC(=O)c1nccnc1C1OCCO1. The van der Waals surface area contributed by atoms with Crippen LogP contribution in [-0.4, -0.2) is 36.3 Å². The minimum absolute atomic E-state index is 0.131. The van der Waals surface area contributed by atoms with Crippen LogP contribution in [0.4, 0.5) is 0 Å². The van der Waals surface area contributed by atoms with Gasteiger partial charge in [0.25, 0.3) is 0 Å². The zero-order valence-electron chi connectivity index (χ0n) is 8.17. The molecular weight excluding hydrogens is 200 g/mol. The molecule has 0 aromatic carbocycles. The summed E-state index contributed by atoms with van der Waals surface area (Å²) in [7, 11) is 1.29. The van der Waals surface area contributed by atoms with E-state index in [0.717, 1.165) is 0 Å². The van der Waals surface area contributed by atoms with Gasteiger partial charge in [0, 0.05) is 12.4 Å². The van der Waals surface area contributed by atoms with Crippen molar-refractivity contribution in [2.24, 2.45) is 0 Å². The number of carbonyl (C=O) groups excluding carboxylic acids is 1. The van der Waals surface area contributed by atoms with Crippen LogP contribution >= 0.6 is 0 Å². The van der Waals surface area contributed by atoms with Crippen molar-refractivity contribution >= 4 is 5.97 Å². The van der Waals surface area contributed by atoms with Crippen molar-refractivity contribution in [3.8, 4) is 0 Å². The van der Waals surface area contributed by atoms with E-state index in [4.69, 9.17) is 9.47 Å². The summed E-state index contributed by atoms with van der Waals surface area (Å²) in [6.45, 7) is 0.976. The van der Waals surface area contributed by atoms with E-state index >= 15 is 0 Å². The molecule has 6 nitrogen and oxygen atoms in total. The Bertz CT molecular complexity index is 363. The van der Waals surface area contributed by atoms with E-state index < -0.39 is 12.3 Å². The molecule has 0 atom stereocenters. The average Bonchev–Trinajstić information content (AvgIpc) is 2.81. The number of nitrogens with zero attached hydrogens (tertiary/aromatic N) is 2. The van der Waals surface area contributed by atoms with Gasteiger partial charge in [-0.25, -0.2) is 9.78 Å². The first-order chi connectivity index (χ1) is 7.33. The highest BCUT2D eigenvalue weighted by molar-refractivity contribution is 5.88. The Morgan fingerprint density at radius 1 is 1.40 bits per heavy atom. The van der Waals surface area contributed by atoms with Crippen LogP contribution in [0.3, 0.4) is 0 Å². The van der Waals surface area contributed by atoms with Crippen molar-refractivity contribution in [3.63, 3.8) is 0 Å². The van der Waals surface area contributed by atoms with Crippen LogP contribution in [0.5, 0.6) is 0 Å². The summed E-state index contributed by atoms with van der Waals surface area (Å²) in [5.74, 6) is -0.544. The maximum atomic E-state index is 11.4. The van der Waals surface area contributed by atoms with Crippen LogP contribution in [0.15, 0.2) is 12.4 Å². The third-order valence-electron chi connectivity index (χ3n) is 1.95. The highest BCUT2D eigenvalue weighted by Gasteiger charge is 2.26. The number of aromatic nitrogens is 2. The van der Waals surface area contributed by atoms with Crippen molar-refractivity contribution < 1.29 is 19.0 Å². The molecule has 1 aliphatic heterocycles. The normalized spacial score (nSPS) is 16.6. The van der Waals surface area contributed by atoms with Gasteiger partial charge in [0.2, 0.25) is 6.29 Å². The Labute approximate surface area is 86.2 Å². The predicted molar refractivity (Wildman–Crippen MR) is 48.0 cm³/mol. The number of rotatable bonds is 2. The highest BCUT2D eigenvalue weighted by atomic mass is 16.7. The summed E-state index contributed by atoms with van der Waals surface area (Å²) < 4.78 is 15.1. The first-order valence-electron chi connectivity index (χ1n) is 4.45. The molecule has 0 saturated carbocycles. The molecule has 0 bridgehead atoms. The van der Waals surface area contributed by atoms with Crippen LogP contribution in [0.2, 0.25) is 0 Å². The van der Waals surface area contributed by atoms with Crippen molar-refractivity contribution in [1.82, 2.24) is 9.97 Å². The molecule has 0 amide bonds. The quantitative estimate of drug-likeness (QED) is 0.654. The molecule has 6 heteroatoms. The van der Waals surface area contributed by atoms with Gasteiger partial charge in [-0.05, 0) is 0 Å². The Hall–Kier alpha value is -1.53. The number of carbonyl (C=O) groups is 1. The second-order valence-corrected chi connectivity index (χ2v) is 2.86. The predicted octanol–water partition coefficient (Wildman–Crippen LogP) is 0.309. The Balaban J connectivity index is 2.32. The van der Waals surface area contributed by atoms with Crippen LogP contribution in [0, 0.1) is 0 Å². The summed E-state index contributed by atoms with van der Waals surface area (Å²) >= 11 is 0. The largest absolute Gasteiger partial charge is 0.464 e. The molecule has 0 N–H and O–H groups in total. The fourth-order valence-electron chi connectivity index (χ4n) is 1.29. The second kappa shape index (κ2) is 4.33. The summed E-state index contributed by atoms with van der Waals surface area (Å²) in [5, 5.41) is 0. The molecule has 1 aromatic rings. The van der Waals surface area contributed by atoms with Gasteiger partial charge < -0.3 is 14.2 Å². The maximum absolute atomic E-state index is 11.4. The summed E-state index contributed by atoms with van der Waals surface area (Å²) in [5.41, 5.74) is 0.494. The van der Waals surface area contributed by atoms with E-state index in [1.54, 1.807) is 0 Å². The molecule has 80 valence electrons. The molecule has 1 aromatic heterocycles. The van der Waals surface area contributed by atoms with Gasteiger partial charge >= 0.3 is 5.97 Å². The smallest absolute Gasteiger partial charge is 0.358 e. The maximum Gasteiger partial charge on any atom is 0.358 e. The molecule has 15 heavy (non-hydrogen) atoms. The number of esters is 1. The summed E-state index contributed by atoms with van der Waals surface area (Å²) in [6.07, 6.45) is 2.28. The second-order valence-electron chi connectivity index (χ2n) is 2.86. The van der Waals surface area contributed by atoms with Crippen molar-refractivity contribution in [3.05, 3.63) is 23.8 Å². The van der Waals surface area contributed by atoms with Gasteiger partial charge in [-0.3, -0.25) is 4.98 Å². The Kier molecular flexibility index (Phi) is 2.89. The van der Waals surface area contributed by atoms with Crippen molar-refractivity contribution in [2.45, 2.75) is 6.29 Å². The van der Waals surface area contributed by atoms with E-state index in [-0.39, 0.29) is 5.69 Å². The monoisotopic (exact) mass is 210 g/mol. The zero-order valence-corrected chi connectivity index (χ0v) is 8.17. The number of ether oxygens (including phenoxy) is 3. The molecule has 2 heterocycles. The van der Waals surface area contributed by atoms with Gasteiger partial charge in [-0.1, -0.05) is 0 Å². The molecular formula is C9H10N2O4. The lowest BCUT2D eigenvalue weighted by Gasteiger charge is -2.10. The lowest BCUT2D eigenvalue weighted by atomic mass is 10.3. The third-order valence-corrected chi connectivity index (χ3v) is 1.95. The van der Waals surface area contributed by atoms with Crippen LogP contribution in [-0.2, 0) is 14.2 Å². The number of methoxy groups -OCH3 is 1. The van der Waals surface area contributed by atoms with E-state index in [0.29, 0.717) is 18.9 Å². The average molecular weight is 210 g/mol. The molecule has 1 fully saturated rings. The molecule has 1 aliphatic rings.